The summed E-state index contributed by atoms with van der Waals surface area (Å²) in [5.74, 6) is 1.07. The lowest BCUT2D eigenvalue weighted by Gasteiger charge is -2.31. The van der Waals surface area contributed by atoms with Crippen LogP contribution in [0.15, 0.2) is 6.33 Å². The van der Waals surface area contributed by atoms with Gasteiger partial charge in [0.25, 0.3) is 0 Å². The van der Waals surface area contributed by atoms with E-state index in [1.807, 2.05) is 6.33 Å². The summed E-state index contributed by atoms with van der Waals surface area (Å²) in [7, 11) is 0. The minimum atomic E-state index is 0.190. The predicted octanol–water partition coefficient (Wildman–Crippen LogP) is 0.857. The second-order valence-corrected chi connectivity index (χ2v) is 5.98. The first-order chi connectivity index (χ1) is 7.97. The molecule has 2 heterocycles. The molecule has 0 aliphatic carbocycles. The van der Waals surface area contributed by atoms with Crippen molar-refractivity contribution in [1.82, 2.24) is 19.7 Å². The second kappa shape index (κ2) is 4.74. The lowest BCUT2D eigenvalue weighted by atomic mass is 9.85. The first kappa shape index (κ1) is 12.5. The lowest BCUT2D eigenvalue weighted by Crippen LogP contribution is -2.41. The molecule has 0 bridgehead atoms. The molecular weight excluding hydrogens is 214 g/mol. The summed E-state index contributed by atoms with van der Waals surface area (Å²) in [6, 6.07) is 0.252. The van der Waals surface area contributed by atoms with Crippen LogP contribution in [0.25, 0.3) is 0 Å². The van der Waals surface area contributed by atoms with Crippen molar-refractivity contribution < 1.29 is 0 Å². The first-order valence-corrected chi connectivity index (χ1v) is 6.31. The fraction of sp³-hybridized carbons (Fsp3) is 0.833. The molecule has 2 rings (SSSR count). The van der Waals surface area contributed by atoms with Gasteiger partial charge in [-0.3, -0.25) is 4.90 Å². The van der Waals surface area contributed by atoms with Crippen LogP contribution in [0.5, 0.6) is 0 Å². The van der Waals surface area contributed by atoms with Crippen molar-refractivity contribution in [2.75, 3.05) is 13.1 Å². The van der Waals surface area contributed by atoms with Crippen molar-refractivity contribution in [2.45, 2.75) is 46.3 Å². The molecular formula is C12H23N5. The molecule has 17 heavy (non-hydrogen) atoms. The fourth-order valence-electron chi connectivity index (χ4n) is 2.06. The molecule has 0 fully saturated rings. The Hall–Kier alpha value is -0.940. The zero-order chi connectivity index (χ0) is 12.5. The van der Waals surface area contributed by atoms with Gasteiger partial charge < -0.3 is 10.3 Å². The van der Waals surface area contributed by atoms with E-state index < -0.39 is 0 Å². The van der Waals surface area contributed by atoms with Crippen molar-refractivity contribution in [3.8, 4) is 0 Å². The van der Waals surface area contributed by atoms with Crippen molar-refractivity contribution in [3.05, 3.63) is 12.2 Å². The van der Waals surface area contributed by atoms with E-state index in [0.29, 0.717) is 0 Å². The molecule has 0 aromatic carbocycles. The molecule has 0 amide bonds. The number of aromatic nitrogens is 3. The highest BCUT2D eigenvalue weighted by molar-refractivity contribution is 4.90. The van der Waals surface area contributed by atoms with Gasteiger partial charge in [-0.25, -0.2) is 0 Å². The van der Waals surface area contributed by atoms with E-state index in [0.717, 1.165) is 38.4 Å². The van der Waals surface area contributed by atoms with Gasteiger partial charge in [0, 0.05) is 25.7 Å². The Morgan fingerprint density at radius 1 is 1.41 bits per heavy atom. The SMILES string of the molecule is CC(C)(C)C(N)CCN1CCn2cnnc2C1. The van der Waals surface area contributed by atoms with Gasteiger partial charge in [0.2, 0.25) is 0 Å². The number of rotatable bonds is 3. The third kappa shape index (κ3) is 3.04. The molecule has 1 aliphatic rings. The summed E-state index contributed by atoms with van der Waals surface area (Å²) in [4.78, 5) is 2.41. The molecule has 1 atom stereocenters. The zero-order valence-corrected chi connectivity index (χ0v) is 11.1. The van der Waals surface area contributed by atoms with Crippen LogP contribution in [0.1, 0.15) is 33.0 Å². The Morgan fingerprint density at radius 3 is 2.88 bits per heavy atom. The van der Waals surface area contributed by atoms with Crippen molar-refractivity contribution in [1.29, 1.82) is 0 Å². The van der Waals surface area contributed by atoms with Crippen LogP contribution in [-0.2, 0) is 13.1 Å². The summed E-state index contributed by atoms with van der Waals surface area (Å²) in [5.41, 5.74) is 6.37. The Balaban J connectivity index is 1.83. The molecule has 96 valence electrons. The van der Waals surface area contributed by atoms with Crippen LogP contribution >= 0.6 is 0 Å². The average Bonchev–Trinajstić information content (AvgIpc) is 2.71. The molecule has 0 saturated heterocycles. The lowest BCUT2D eigenvalue weighted by molar-refractivity contribution is 0.191. The van der Waals surface area contributed by atoms with Crippen LogP contribution in [0.3, 0.4) is 0 Å². The van der Waals surface area contributed by atoms with E-state index in [1.54, 1.807) is 0 Å². The molecule has 1 unspecified atom stereocenters. The van der Waals surface area contributed by atoms with Gasteiger partial charge in [0.1, 0.15) is 12.2 Å². The Kier molecular flexibility index (Phi) is 3.49. The maximum Gasteiger partial charge on any atom is 0.147 e. The highest BCUT2D eigenvalue weighted by atomic mass is 15.3. The Bertz CT molecular complexity index is 365. The third-order valence-electron chi connectivity index (χ3n) is 3.59. The number of nitrogens with two attached hydrogens (primary N) is 1. The molecule has 5 heteroatoms. The van der Waals surface area contributed by atoms with Gasteiger partial charge in [-0.2, -0.15) is 0 Å². The quantitative estimate of drug-likeness (QED) is 0.847. The minimum Gasteiger partial charge on any atom is -0.327 e. The summed E-state index contributed by atoms with van der Waals surface area (Å²) in [5, 5.41) is 8.06. The second-order valence-electron chi connectivity index (χ2n) is 5.98. The smallest absolute Gasteiger partial charge is 0.147 e. The number of fused-ring (bicyclic) bond motifs is 1. The summed E-state index contributed by atoms with van der Waals surface area (Å²) in [6.07, 6.45) is 2.85. The molecule has 0 spiro atoms. The molecule has 0 radical (unpaired) electrons. The van der Waals surface area contributed by atoms with Crippen LogP contribution in [0.2, 0.25) is 0 Å². The van der Waals surface area contributed by atoms with Crippen LogP contribution in [-0.4, -0.2) is 38.8 Å². The maximum absolute atomic E-state index is 6.18. The van der Waals surface area contributed by atoms with E-state index in [2.05, 4.69) is 40.4 Å². The highest BCUT2D eigenvalue weighted by Crippen LogP contribution is 2.20. The molecule has 0 saturated carbocycles. The molecule has 2 N–H and O–H groups in total. The van der Waals surface area contributed by atoms with Gasteiger partial charge in [0.15, 0.2) is 0 Å². The Labute approximate surface area is 103 Å². The fourth-order valence-corrected chi connectivity index (χ4v) is 2.06. The summed E-state index contributed by atoms with van der Waals surface area (Å²) in [6.45, 7) is 10.6. The number of nitrogens with zero attached hydrogens (tertiary/aromatic N) is 4. The normalized spacial score (nSPS) is 19.1. The van der Waals surface area contributed by atoms with Gasteiger partial charge in [0.05, 0.1) is 6.54 Å². The maximum atomic E-state index is 6.18. The monoisotopic (exact) mass is 237 g/mol. The minimum absolute atomic E-state index is 0.190. The van der Waals surface area contributed by atoms with Crippen LogP contribution in [0.4, 0.5) is 0 Å². The number of hydrogen-bond donors (Lipinski definition) is 1. The van der Waals surface area contributed by atoms with Crippen LogP contribution < -0.4 is 5.73 Å². The van der Waals surface area contributed by atoms with E-state index in [9.17, 15) is 0 Å². The summed E-state index contributed by atoms with van der Waals surface area (Å²) < 4.78 is 2.13. The van der Waals surface area contributed by atoms with E-state index >= 15 is 0 Å². The van der Waals surface area contributed by atoms with E-state index in [-0.39, 0.29) is 11.5 Å². The summed E-state index contributed by atoms with van der Waals surface area (Å²) >= 11 is 0. The van der Waals surface area contributed by atoms with E-state index in [1.165, 1.54) is 0 Å². The highest BCUT2D eigenvalue weighted by Gasteiger charge is 2.23. The largest absolute Gasteiger partial charge is 0.327 e. The molecule has 1 aromatic rings. The zero-order valence-electron chi connectivity index (χ0n) is 11.1. The average molecular weight is 237 g/mol. The third-order valence-corrected chi connectivity index (χ3v) is 3.59. The van der Waals surface area contributed by atoms with Gasteiger partial charge in [-0.1, -0.05) is 20.8 Å². The van der Waals surface area contributed by atoms with Gasteiger partial charge >= 0.3 is 0 Å². The topological polar surface area (TPSA) is 60.0 Å². The van der Waals surface area contributed by atoms with Crippen molar-refractivity contribution in [2.24, 2.45) is 11.1 Å². The predicted molar refractivity (Wildman–Crippen MR) is 67.3 cm³/mol. The molecule has 5 nitrogen and oxygen atoms in total. The van der Waals surface area contributed by atoms with Gasteiger partial charge in [-0.05, 0) is 11.8 Å². The van der Waals surface area contributed by atoms with E-state index in [4.69, 9.17) is 5.73 Å². The Morgan fingerprint density at radius 2 is 2.18 bits per heavy atom. The van der Waals surface area contributed by atoms with Crippen molar-refractivity contribution in [3.63, 3.8) is 0 Å². The van der Waals surface area contributed by atoms with Crippen LogP contribution in [0, 0.1) is 5.41 Å². The van der Waals surface area contributed by atoms with Crippen molar-refractivity contribution >= 4 is 0 Å². The first-order valence-electron chi connectivity index (χ1n) is 6.31. The number of hydrogen-bond acceptors (Lipinski definition) is 4. The van der Waals surface area contributed by atoms with Gasteiger partial charge in [-0.15, -0.1) is 10.2 Å². The standard InChI is InChI=1S/C12H23N5/c1-12(2,3)10(13)4-5-16-6-7-17-9-14-15-11(17)8-16/h9-10H,4-8,13H2,1-3H3. The molecule has 1 aromatic heterocycles. The molecule has 1 aliphatic heterocycles.